The van der Waals surface area contributed by atoms with Crippen LogP contribution in [0.3, 0.4) is 0 Å². The maximum absolute atomic E-state index is 2.53. The molecule has 0 amide bonds. The molecule has 3 rings (SSSR count). The van der Waals surface area contributed by atoms with E-state index >= 15 is 0 Å². The fraction of sp³-hybridized carbons (Fsp3) is 0.419. The third kappa shape index (κ3) is 8.33. The van der Waals surface area contributed by atoms with Crippen LogP contribution in [0, 0.1) is 0 Å². The van der Waals surface area contributed by atoms with Gasteiger partial charge in [-0.05, 0) is 49.2 Å². The molecule has 34 heavy (non-hydrogen) atoms. The summed E-state index contributed by atoms with van der Waals surface area (Å²) in [6.07, 6.45) is 7.83. The Morgan fingerprint density at radius 3 is 1.44 bits per heavy atom. The minimum absolute atomic E-state index is 0. The van der Waals surface area contributed by atoms with E-state index < -0.39 is 7.92 Å². The molecule has 0 aliphatic rings. The third-order valence-corrected chi connectivity index (χ3v) is 9.10. The molecule has 0 bridgehead atoms. The number of nitrogens with zero attached hydrogens (tertiary/aromatic N) is 1. The van der Waals surface area contributed by atoms with Crippen LogP contribution in [-0.4, -0.2) is 24.1 Å². The summed E-state index contributed by atoms with van der Waals surface area (Å²) >= 11 is 0. The van der Waals surface area contributed by atoms with Crippen molar-refractivity contribution >= 4 is 23.8 Å². The number of hydrogen-bond acceptors (Lipinski definition) is 0. The summed E-state index contributed by atoms with van der Waals surface area (Å²) in [6, 6.07) is 31.7. The summed E-state index contributed by atoms with van der Waals surface area (Å²) in [7, 11) is -0.544. The van der Waals surface area contributed by atoms with E-state index in [2.05, 4.69) is 106 Å². The molecule has 3 aromatic rings. The molecule has 0 N–H and O–H groups in total. The predicted octanol–water partition coefficient (Wildman–Crippen LogP) is 4.17. The zero-order chi connectivity index (χ0) is 23.4. The Bertz CT molecular complexity index is 867. The van der Waals surface area contributed by atoms with Crippen molar-refractivity contribution in [2.45, 2.75) is 65.8 Å². The van der Waals surface area contributed by atoms with E-state index in [-0.39, 0.29) is 17.0 Å². The van der Waals surface area contributed by atoms with Crippen molar-refractivity contribution in [1.82, 2.24) is 0 Å². The third-order valence-electron chi connectivity index (χ3n) is 6.67. The van der Waals surface area contributed by atoms with Crippen LogP contribution in [-0.2, 0) is 6.54 Å². The second-order valence-electron chi connectivity index (χ2n) is 9.41. The van der Waals surface area contributed by atoms with Gasteiger partial charge in [-0.3, -0.25) is 0 Å². The lowest BCUT2D eigenvalue weighted by Crippen LogP contribution is -3.00. The number of unbranched alkanes of at least 4 members (excludes halogenated alkanes) is 3. The van der Waals surface area contributed by atoms with Crippen LogP contribution in [0.5, 0.6) is 0 Å². The first-order valence-corrected chi connectivity index (χ1v) is 14.4. The topological polar surface area (TPSA) is 0 Å². The molecule has 0 unspecified atom stereocenters. The molecule has 0 atom stereocenters. The van der Waals surface area contributed by atoms with Gasteiger partial charge in [0.25, 0.3) is 0 Å². The second kappa shape index (κ2) is 15.5. The first-order valence-electron chi connectivity index (χ1n) is 13.1. The Balaban J connectivity index is 0.00000408. The SMILES string of the molecule is CCCC[N+](CCCC)(CCCC)Cc1cccc(P(c2ccccc2)c2ccccc2)c1.[Br-]. The molecular weight excluding hydrogens is 497 g/mol. The summed E-state index contributed by atoms with van der Waals surface area (Å²) in [6.45, 7) is 12.1. The van der Waals surface area contributed by atoms with E-state index in [1.807, 2.05) is 0 Å². The van der Waals surface area contributed by atoms with Crippen molar-refractivity contribution in [1.29, 1.82) is 0 Å². The average molecular weight is 541 g/mol. The van der Waals surface area contributed by atoms with Crippen LogP contribution in [0.4, 0.5) is 0 Å². The van der Waals surface area contributed by atoms with E-state index in [4.69, 9.17) is 0 Å². The van der Waals surface area contributed by atoms with Gasteiger partial charge in [0.05, 0.1) is 19.6 Å². The normalized spacial score (nSPS) is 11.4. The summed E-state index contributed by atoms with van der Waals surface area (Å²) in [5, 5.41) is 4.33. The van der Waals surface area contributed by atoms with Gasteiger partial charge in [-0.15, -0.1) is 0 Å². The smallest absolute Gasteiger partial charge is 0.104 e. The second-order valence-corrected chi connectivity index (χ2v) is 11.6. The molecule has 0 saturated heterocycles. The average Bonchev–Trinajstić information content (AvgIpc) is 2.86. The van der Waals surface area contributed by atoms with Gasteiger partial charge in [0.2, 0.25) is 0 Å². The molecule has 0 fully saturated rings. The Hall–Kier alpha value is -1.47. The van der Waals surface area contributed by atoms with Gasteiger partial charge in [0.1, 0.15) is 6.54 Å². The fourth-order valence-electron chi connectivity index (χ4n) is 4.84. The molecular formula is C31H43BrNP. The highest BCUT2D eigenvalue weighted by molar-refractivity contribution is 7.79. The molecule has 0 heterocycles. The number of hydrogen-bond donors (Lipinski definition) is 0. The van der Waals surface area contributed by atoms with E-state index in [1.165, 1.54) is 90.7 Å². The molecule has 0 aromatic heterocycles. The summed E-state index contributed by atoms with van der Waals surface area (Å²) < 4.78 is 1.26. The van der Waals surface area contributed by atoms with Crippen molar-refractivity contribution < 1.29 is 21.5 Å². The summed E-state index contributed by atoms with van der Waals surface area (Å²) in [5.41, 5.74) is 1.51. The molecule has 0 radical (unpaired) electrons. The van der Waals surface area contributed by atoms with Gasteiger partial charge in [0, 0.05) is 5.56 Å². The highest BCUT2D eigenvalue weighted by Crippen LogP contribution is 2.33. The first kappa shape index (κ1) is 28.8. The standard InChI is InChI=1S/C31H43NP.BrH/c1-4-7-23-32(24-8-5-2,25-9-6-3)27-28-17-16-22-31(26-28)33(29-18-12-10-13-19-29)30-20-14-11-15-21-30;/h10-22,26H,4-9,23-25,27H2,1-3H3;1H/q+1;/p-1. The minimum atomic E-state index is -0.544. The fourth-order valence-corrected chi connectivity index (χ4v) is 7.20. The van der Waals surface area contributed by atoms with Gasteiger partial charge in [-0.25, -0.2) is 0 Å². The van der Waals surface area contributed by atoms with Gasteiger partial charge >= 0.3 is 0 Å². The van der Waals surface area contributed by atoms with Crippen LogP contribution in [0.2, 0.25) is 0 Å². The summed E-state index contributed by atoms with van der Waals surface area (Å²) in [4.78, 5) is 0. The van der Waals surface area contributed by atoms with E-state index in [0.717, 1.165) is 0 Å². The van der Waals surface area contributed by atoms with Crippen LogP contribution < -0.4 is 32.9 Å². The van der Waals surface area contributed by atoms with Gasteiger partial charge in [-0.2, -0.15) is 0 Å². The van der Waals surface area contributed by atoms with Gasteiger partial charge < -0.3 is 21.5 Å². The van der Waals surface area contributed by atoms with Crippen molar-refractivity contribution in [3.63, 3.8) is 0 Å². The number of benzene rings is 3. The van der Waals surface area contributed by atoms with Crippen molar-refractivity contribution in [2.75, 3.05) is 19.6 Å². The highest BCUT2D eigenvalue weighted by atomic mass is 79.9. The lowest BCUT2D eigenvalue weighted by Gasteiger charge is -2.39. The van der Waals surface area contributed by atoms with Crippen LogP contribution in [0.25, 0.3) is 0 Å². The van der Waals surface area contributed by atoms with E-state index in [9.17, 15) is 0 Å². The molecule has 1 nitrogen and oxygen atoms in total. The Kier molecular flexibility index (Phi) is 13.1. The monoisotopic (exact) mass is 539 g/mol. The molecule has 3 aromatic carbocycles. The van der Waals surface area contributed by atoms with E-state index in [0.29, 0.717) is 0 Å². The molecule has 0 aliphatic heterocycles. The number of quaternary nitrogens is 1. The maximum Gasteiger partial charge on any atom is 0.104 e. The molecule has 3 heteroatoms. The van der Waals surface area contributed by atoms with Crippen molar-refractivity contribution in [3.8, 4) is 0 Å². The molecule has 0 saturated carbocycles. The summed E-state index contributed by atoms with van der Waals surface area (Å²) in [5.74, 6) is 0. The molecule has 184 valence electrons. The van der Waals surface area contributed by atoms with Crippen LogP contribution in [0.1, 0.15) is 64.9 Å². The van der Waals surface area contributed by atoms with Gasteiger partial charge in [-0.1, -0.05) is 119 Å². The first-order chi connectivity index (χ1) is 16.2. The van der Waals surface area contributed by atoms with Crippen molar-refractivity contribution in [3.05, 3.63) is 90.5 Å². The lowest BCUT2D eigenvalue weighted by atomic mass is 10.1. The molecule has 0 spiro atoms. The Labute approximate surface area is 220 Å². The van der Waals surface area contributed by atoms with Gasteiger partial charge in [0.15, 0.2) is 0 Å². The number of rotatable bonds is 14. The Morgan fingerprint density at radius 1 is 0.559 bits per heavy atom. The van der Waals surface area contributed by atoms with E-state index in [1.54, 1.807) is 0 Å². The number of halogens is 1. The van der Waals surface area contributed by atoms with Crippen molar-refractivity contribution in [2.24, 2.45) is 0 Å². The lowest BCUT2D eigenvalue weighted by molar-refractivity contribution is -0.941. The maximum atomic E-state index is 2.53. The quantitative estimate of drug-likeness (QED) is 0.213. The highest BCUT2D eigenvalue weighted by Gasteiger charge is 2.27. The zero-order valence-electron chi connectivity index (χ0n) is 21.4. The predicted molar refractivity (Wildman–Crippen MR) is 148 cm³/mol. The van der Waals surface area contributed by atoms with Crippen LogP contribution >= 0.6 is 7.92 Å². The zero-order valence-corrected chi connectivity index (χ0v) is 23.9. The minimum Gasteiger partial charge on any atom is -1.00 e. The molecule has 0 aliphatic carbocycles. The Morgan fingerprint density at radius 2 is 1.00 bits per heavy atom. The van der Waals surface area contributed by atoms with Crippen LogP contribution in [0.15, 0.2) is 84.9 Å². The largest absolute Gasteiger partial charge is 1.00 e.